The first-order valence-corrected chi connectivity index (χ1v) is 12.6. The Morgan fingerprint density at radius 3 is 2.14 bits per heavy atom. The molecule has 0 spiro atoms. The van der Waals surface area contributed by atoms with Gasteiger partial charge in [-0.25, -0.2) is 13.6 Å². The lowest BCUT2D eigenvalue weighted by atomic mass is 9.82. The molecule has 0 saturated carbocycles. The molecule has 3 heterocycles. The number of hydrogen-bond donors (Lipinski definition) is 0. The second-order valence-electron chi connectivity index (χ2n) is 10.2. The minimum Gasteiger partial charge on any atom is -0.425 e. The van der Waals surface area contributed by atoms with Crippen LogP contribution in [0.5, 0.6) is 0 Å². The number of halogens is 2. The van der Waals surface area contributed by atoms with E-state index in [0.29, 0.717) is 28.7 Å². The van der Waals surface area contributed by atoms with Crippen LogP contribution in [0.2, 0.25) is 0 Å². The summed E-state index contributed by atoms with van der Waals surface area (Å²) in [5.41, 5.74) is 2.44. The SMILES string of the molecule is Cc1ccccc1C(=O)C[N+]12CCC(CC1)[C@@H](OC(=O)OC(c1cccc(F)c1)c1cccc(F)c1)C2. The fourth-order valence-corrected chi connectivity index (χ4v) is 5.77. The maximum Gasteiger partial charge on any atom is 0.509 e. The molecule has 37 heavy (non-hydrogen) atoms. The molecule has 0 amide bonds. The summed E-state index contributed by atoms with van der Waals surface area (Å²) in [6, 6.07) is 19.0. The number of carbonyl (C=O) groups is 2. The molecule has 5 nitrogen and oxygen atoms in total. The number of aryl methyl sites for hydroxylation is 1. The molecule has 3 aliphatic rings. The molecular weight excluding hydrogens is 476 g/mol. The third-order valence-corrected chi connectivity index (χ3v) is 7.73. The van der Waals surface area contributed by atoms with Crippen molar-refractivity contribution in [3.8, 4) is 0 Å². The van der Waals surface area contributed by atoms with E-state index in [0.717, 1.165) is 37.1 Å². The second-order valence-corrected chi connectivity index (χ2v) is 10.2. The molecule has 7 heteroatoms. The highest BCUT2D eigenvalue weighted by Crippen LogP contribution is 2.37. The third-order valence-electron chi connectivity index (χ3n) is 7.73. The Balaban J connectivity index is 1.30. The van der Waals surface area contributed by atoms with Gasteiger partial charge in [0.25, 0.3) is 0 Å². The van der Waals surface area contributed by atoms with E-state index < -0.39 is 23.9 Å². The lowest BCUT2D eigenvalue weighted by Gasteiger charge is -2.51. The van der Waals surface area contributed by atoms with Crippen LogP contribution in [0.3, 0.4) is 0 Å². The molecule has 0 unspecified atom stereocenters. The normalized spacial score (nSPS) is 22.6. The smallest absolute Gasteiger partial charge is 0.425 e. The minimum absolute atomic E-state index is 0.0945. The molecule has 6 rings (SSSR count). The predicted molar refractivity (Wildman–Crippen MR) is 134 cm³/mol. The van der Waals surface area contributed by atoms with E-state index in [9.17, 15) is 18.4 Å². The first-order valence-electron chi connectivity index (χ1n) is 12.6. The van der Waals surface area contributed by atoms with Gasteiger partial charge in [0.1, 0.15) is 24.7 Å². The van der Waals surface area contributed by atoms with Gasteiger partial charge in [0.05, 0.1) is 13.1 Å². The van der Waals surface area contributed by atoms with Gasteiger partial charge < -0.3 is 14.0 Å². The van der Waals surface area contributed by atoms with E-state index in [1.54, 1.807) is 12.1 Å². The molecule has 3 saturated heterocycles. The molecular formula is C30H30F2NO4+. The number of hydrogen-bond acceptors (Lipinski definition) is 4. The molecule has 0 N–H and O–H groups in total. The Hall–Kier alpha value is -3.58. The molecule has 3 aliphatic heterocycles. The van der Waals surface area contributed by atoms with Crippen molar-refractivity contribution in [1.82, 2.24) is 0 Å². The van der Waals surface area contributed by atoms with Gasteiger partial charge in [0.15, 0.2) is 12.2 Å². The van der Waals surface area contributed by atoms with Crippen LogP contribution in [-0.2, 0) is 9.47 Å². The number of quaternary nitrogens is 1. The van der Waals surface area contributed by atoms with Crippen LogP contribution in [0, 0.1) is 24.5 Å². The monoisotopic (exact) mass is 506 g/mol. The molecule has 1 atom stereocenters. The van der Waals surface area contributed by atoms with Crippen molar-refractivity contribution in [1.29, 1.82) is 0 Å². The number of ether oxygens (including phenoxy) is 2. The van der Waals surface area contributed by atoms with Gasteiger partial charge in [-0.1, -0.05) is 48.5 Å². The van der Waals surface area contributed by atoms with Crippen molar-refractivity contribution in [3.63, 3.8) is 0 Å². The standard InChI is InChI=1S/C30H30F2NO4/c1-20-6-2-3-11-26(20)27(34)18-33-14-12-21(13-15-33)28(19-33)36-30(35)37-29(22-7-4-9-24(31)16-22)23-8-5-10-25(32)17-23/h2-11,16-17,21,28-29H,12-15,18-19H2,1H3/q+1/t21?,28-,33?/m0/s1. The van der Waals surface area contributed by atoms with Crippen LogP contribution in [0.4, 0.5) is 13.6 Å². The second kappa shape index (κ2) is 10.4. The van der Waals surface area contributed by atoms with Gasteiger partial charge in [-0.15, -0.1) is 0 Å². The highest BCUT2D eigenvalue weighted by molar-refractivity contribution is 5.98. The van der Waals surface area contributed by atoms with Gasteiger partial charge in [-0.05, 0) is 36.8 Å². The predicted octanol–water partition coefficient (Wildman–Crippen LogP) is 6.01. The van der Waals surface area contributed by atoms with Crippen molar-refractivity contribution in [2.24, 2.45) is 5.92 Å². The van der Waals surface area contributed by atoms with Gasteiger partial charge in [-0.2, -0.15) is 0 Å². The third kappa shape index (κ3) is 5.57. The van der Waals surface area contributed by atoms with E-state index in [2.05, 4.69) is 0 Å². The number of fused-ring (bicyclic) bond motifs is 3. The van der Waals surface area contributed by atoms with Crippen molar-refractivity contribution >= 4 is 11.9 Å². The van der Waals surface area contributed by atoms with E-state index in [1.165, 1.54) is 36.4 Å². The molecule has 2 bridgehead atoms. The maximum absolute atomic E-state index is 14.0. The Labute approximate surface area is 215 Å². The van der Waals surface area contributed by atoms with Gasteiger partial charge >= 0.3 is 6.16 Å². The average Bonchev–Trinajstić information content (AvgIpc) is 2.88. The fourth-order valence-electron chi connectivity index (χ4n) is 5.77. The Kier molecular flexibility index (Phi) is 7.07. The first kappa shape index (κ1) is 25.1. The highest BCUT2D eigenvalue weighted by Gasteiger charge is 2.49. The van der Waals surface area contributed by atoms with Crippen LogP contribution in [0.25, 0.3) is 0 Å². The number of ketones is 1. The number of rotatable bonds is 7. The molecule has 0 aliphatic carbocycles. The van der Waals surface area contributed by atoms with Crippen LogP contribution in [0.1, 0.15) is 46.0 Å². The largest absolute Gasteiger partial charge is 0.509 e. The summed E-state index contributed by atoms with van der Waals surface area (Å²) in [6.45, 7) is 4.58. The Morgan fingerprint density at radius 2 is 1.54 bits per heavy atom. The van der Waals surface area contributed by atoms with Crippen molar-refractivity contribution in [2.45, 2.75) is 32.0 Å². The zero-order valence-corrected chi connectivity index (χ0v) is 20.7. The van der Waals surface area contributed by atoms with Crippen LogP contribution in [-0.4, -0.2) is 48.7 Å². The molecule has 0 aromatic heterocycles. The summed E-state index contributed by atoms with van der Waals surface area (Å²) < 4.78 is 40.0. The van der Waals surface area contributed by atoms with Gasteiger partial charge in [-0.3, -0.25) is 4.79 Å². The maximum atomic E-state index is 14.0. The lowest BCUT2D eigenvalue weighted by molar-refractivity contribution is -0.938. The summed E-state index contributed by atoms with van der Waals surface area (Å²) in [5, 5.41) is 0. The van der Waals surface area contributed by atoms with Crippen molar-refractivity contribution in [3.05, 3.63) is 107 Å². The average molecular weight is 507 g/mol. The molecule has 3 fully saturated rings. The molecule has 192 valence electrons. The van der Waals surface area contributed by atoms with E-state index in [-0.39, 0.29) is 17.8 Å². The summed E-state index contributed by atoms with van der Waals surface area (Å²) in [5.74, 6) is -0.684. The van der Waals surface area contributed by atoms with Crippen LogP contribution in [0.15, 0.2) is 72.8 Å². The summed E-state index contributed by atoms with van der Waals surface area (Å²) in [7, 11) is 0. The zero-order chi connectivity index (χ0) is 26.0. The van der Waals surface area contributed by atoms with Gasteiger partial charge in [0.2, 0.25) is 5.78 Å². The molecule has 3 aromatic rings. The number of benzene rings is 3. The summed E-state index contributed by atoms with van der Waals surface area (Å²) >= 11 is 0. The van der Waals surface area contributed by atoms with Crippen LogP contribution >= 0.6 is 0 Å². The van der Waals surface area contributed by atoms with E-state index in [1.807, 2.05) is 31.2 Å². The number of nitrogens with zero attached hydrogens (tertiary/aromatic N) is 1. The quantitative estimate of drug-likeness (QED) is 0.224. The highest BCUT2D eigenvalue weighted by atomic mass is 19.1. The first-order chi connectivity index (χ1) is 17.8. The summed E-state index contributed by atoms with van der Waals surface area (Å²) in [4.78, 5) is 26.2. The fraction of sp³-hybridized carbons (Fsp3) is 0.333. The van der Waals surface area contributed by atoms with Crippen molar-refractivity contribution < 1.29 is 32.3 Å². The Morgan fingerprint density at radius 1 is 0.919 bits per heavy atom. The van der Waals surface area contributed by atoms with Crippen molar-refractivity contribution in [2.75, 3.05) is 26.2 Å². The number of piperidine rings is 3. The van der Waals surface area contributed by atoms with Gasteiger partial charge in [0, 0.05) is 35.4 Å². The topological polar surface area (TPSA) is 52.6 Å². The van der Waals surface area contributed by atoms with E-state index >= 15 is 0 Å². The number of Topliss-reactive ketones (excluding diaryl/α,β-unsaturated/α-hetero) is 1. The zero-order valence-electron chi connectivity index (χ0n) is 20.7. The lowest BCUT2D eigenvalue weighted by Crippen LogP contribution is -2.65. The Bertz CT molecular complexity index is 1260. The number of carbonyl (C=O) groups excluding carboxylic acids is 2. The summed E-state index contributed by atoms with van der Waals surface area (Å²) in [6.07, 6.45) is -0.585. The minimum atomic E-state index is -1.02. The molecule has 3 aromatic carbocycles. The molecule has 0 radical (unpaired) electrons. The van der Waals surface area contributed by atoms with Crippen LogP contribution < -0.4 is 0 Å². The van der Waals surface area contributed by atoms with E-state index in [4.69, 9.17) is 9.47 Å².